The van der Waals surface area contributed by atoms with E-state index in [0.717, 1.165) is 25.7 Å². The van der Waals surface area contributed by atoms with Crippen molar-refractivity contribution in [2.75, 3.05) is 5.32 Å². The summed E-state index contributed by atoms with van der Waals surface area (Å²) in [5.41, 5.74) is 0.169. The van der Waals surface area contributed by atoms with E-state index in [1.54, 1.807) is 6.07 Å². The Balaban J connectivity index is 2.08. The molecule has 5 heteroatoms. The van der Waals surface area contributed by atoms with Crippen LogP contribution in [-0.4, -0.2) is 17.0 Å². The highest BCUT2D eigenvalue weighted by Crippen LogP contribution is 2.46. The maximum atomic E-state index is 13.8. The fraction of sp³-hybridized carbons (Fsp3) is 0.529. The predicted molar refractivity (Wildman–Crippen MR) is 82.1 cm³/mol. The minimum Gasteiger partial charge on any atom is -0.481 e. The molecule has 0 unspecified atom stereocenters. The summed E-state index contributed by atoms with van der Waals surface area (Å²) < 4.78 is 13.8. The number of carbonyl (C=O) groups is 2. The van der Waals surface area contributed by atoms with Crippen molar-refractivity contribution >= 4 is 17.6 Å². The van der Waals surface area contributed by atoms with Gasteiger partial charge in [-0.3, -0.25) is 9.59 Å². The van der Waals surface area contributed by atoms with E-state index in [1.165, 1.54) is 12.1 Å². The molecule has 1 aliphatic rings. The molecule has 4 nitrogen and oxygen atoms in total. The van der Waals surface area contributed by atoms with Crippen LogP contribution in [0.5, 0.6) is 0 Å². The molecule has 22 heavy (non-hydrogen) atoms. The number of rotatable bonds is 6. The summed E-state index contributed by atoms with van der Waals surface area (Å²) in [4.78, 5) is 23.1. The summed E-state index contributed by atoms with van der Waals surface area (Å²) in [6, 6.07) is 4.16. The number of amides is 1. The lowest BCUT2D eigenvalue weighted by Crippen LogP contribution is -2.43. The van der Waals surface area contributed by atoms with Crippen LogP contribution >= 0.6 is 0 Å². The first kappa shape index (κ1) is 16.5. The second-order valence-corrected chi connectivity index (χ2v) is 6.56. The third kappa shape index (κ3) is 3.64. The lowest BCUT2D eigenvalue weighted by atomic mass is 9.64. The van der Waals surface area contributed by atoms with Crippen LogP contribution < -0.4 is 5.32 Å². The van der Waals surface area contributed by atoms with Crippen LogP contribution in [0.15, 0.2) is 18.2 Å². The number of anilines is 1. The van der Waals surface area contributed by atoms with E-state index in [1.807, 2.05) is 0 Å². The molecule has 2 N–H and O–H groups in total. The molecule has 0 radical (unpaired) electrons. The van der Waals surface area contributed by atoms with E-state index in [9.17, 15) is 14.0 Å². The topological polar surface area (TPSA) is 66.4 Å². The van der Waals surface area contributed by atoms with E-state index in [-0.39, 0.29) is 23.3 Å². The highest BCUT2D eigenvalue weighted by atomic mass is 19.1. The van der Waals surface area contributed by atoms with Crippen molar-refractivity contribution in [2.24, 2.45) is 11.3 Å². The Morgan fingerprint density at radius 2 is 2.05 bits per heavy atom. The van der Waals surface area contributed by atoms with Gasteiger partial charge in [-0.05, 0) is 42.9 Å². The van der Waals surface area contributed by atoms with E-state index < -0.39 is 11.8 Å². The lowest BCUT2D eigenvalue weighted by Gasteiger charge is -2.41. The zero-order valence-corrected chi connectivity index (χ0v) is 13.0. The van der Waals surface area contributed by atoms with Gasteiger partial charge in [-0.25, -0.2) is 4.39 Å². The molecular formula is C17H22FNO3. The van der Waals surface area contributed by atoms with Crippen molar-refractivity contribution < 1.29 is 19.1 Å². The third-order valence-corrected chi connectivity index (χ3v) is 4.24. The van der Waals surface area contributed by atoms with Crippen LogP contribution in [0.4, 0.5) is 10.1 Å². The number of hydrogen-bond acceptors (Lipinski definition) is 2. The number of benzene rings is 1. The molecule has 0 saturated heterocycles. The van der Waals surface area contributed by atoms with Gasteiger partial charge < -0.3 is 10.4 Å². The fourth-order valence-electron chi connectivity index (χ4n) is 3.10. The summed E-state index contributed by atoms with van der Waals surface area (Å²) in [7, 11) is 0. The SMILES string of the molecule is CC(C)CC1(C(=O)Nc2ccc(CC(=O)O)c(F)c2)CCC1. The van der Waals surface area contributed by atoms with Crippen molar-refractivity contribution in [1.82, 2.24) is 0 Å². The average molecular weight is 307 g/mol. The molecule has 0 bridgehead atoms. The van der Waals surface area contributed by atoms with Crippen LogP contribution in [-0.2, 0) is 16.0 Å². The highest BCUT2D eigenvalue weighted by Gasteiger charge is 2.44. The Hall–Kier alpha value is -1.91. The molecule has 1 aromatic rings. The summed E-state index contributed by atoms with van der Waals surface area (Å²) in [6.07, 6.45) is 3.26. The van der Waals surface area contributed by atoms with Gasteiger partial charge in [0.2, 0.25) is 5.91 Å². The van der Waals surface area contributed by atoms with Crippen LogP contribution in [0.1, 0.15) is 45.1 Å². The van der Waals surface area contributed by atoms with Gasteiger partial charge in [0.05, 0.1) is 6.42 Å². The first-order valence-corrected chi connectivity index (χ1v) is 7.64. The van der Waals surface area contributed by atoms with Crippen LogP contribution in [0.2, 0.25) is 0 Å². The number of nitrogens with one attached hydrogen (secondary N) is 1. The number of carboxylic acid groups (broad SMARTS) is 1. The number of aliphatic carboxylic acids is 1. The minimum absolute atomic E-state index is 0.0576. The number of hydrogen-bond donors (Lipinski definition) is 2. The summed E-state index contributed by atoms with van der Waals surface area (Å²) in [5.74, 6) is -1.31. The van der Waals surface area contributed by atoms with Crippen LogP contribution in [0.25, 0.3) is 0 Å². The normalized spacial score (nSPS) is 16.2. The summed E-state index contributed by atoms with van der Waals surface area (Å²) >= 11 is 0. The zero-order valence-electron chi connectivity index (χ0n) is 13.0. The Bertz CT molecular complexity index is 579. The standard InChI is InChI=1S/C17H22FNO3/c1-11(2)10-17(6-3-7-17)16(22)19-13-5-4-12(8-15(20)21)14(18)9-13/h4-5,9,11H,3,6-8,10H2,1-2H3,(H,19,22)(H,20,21). The van der Waals surface area contributed by atoms with E-state index in [4.69, 9.17) is 5.11 Å². The summed E-state index contributed by atoms with van der Waals surface area (Å²) in [5, 5.41) is 11.5. The van der Waals surface area contributed by atoms with E-state index >= 15 is 0 Å². The molecule has 1 saturated carbocycles. The molecule has 0 heterocycles. The highest BCUT2D eigenvalue weighted by molar-refractivity contribution is 5.96. The van der Waals surface area contributed by atoms with Crippen molar-refractivity contribution in [2.45, 2.75) is 46.0 Å². The minimum atomic E-state index is -1.08. The Morgan fingerprint density at radius 3 is 2.50 bits per heavy atom. The quantitative estimate of drug-likeness (QED) is 0.843. The number of halogens is 1. The van der Waals surface area contributed by atoms with Crippen molar-refractivity contribution in [3.8, 4) is 0 Å². The first-order chi connectivity index (χ1) is 10.3. The van der Waals surface area contributed by atoms with Crippen molar-refractivity contribution in [1.29, 1.82) is 0 Å². The Morgan fingerprint density at radius 1 is 1.36 bits per heavy atom. The summed E-state index contributed by atoms with van der Waals surface area (Å²) in [6.45, 7) is 4.18. The lowest BCUT2D eigenvalue weighted by molar-refractivity contribution is -0.136. The molecule has 1 fully saturated rings. The maximum Gasteiger partial charge on any atom is 0.307 e. The predicted octanol–water partition coefficient (Wildman–Crippen LogP) is 3.61. The van der Waals surface area contributed by atoms with Gasteiger partial charge in [0.25, 0.3) is 0 Å². The smallest absolute Gasteiger partial charge is 0.307 e. The molecule has 2 rings (SSSR count). The van der Waals surface area contributed by atoms with Gasteiger partial charge in [-0.1, -0.05) is 26.3 Å². The molecule has 0 aromatic heterocycles. The molecule has 0 atom stereocenters. The second kappa shape index (κ2) is 6.46. The van der Waals surface area contributed by atoms with Crippen molar-refractivity contribution in [3.05, 3.63) is 29.6 Å². The molecule has 1 amide bonds. The molecule has 0 spiro atoms. The number of carboxylic acids is 1. The van der Waals surface area contributed by atoms with Gasteiger partial charge >= 0.3 is 5.97 Å². The van der Waals surface area contributed by atoms with Crippen LogP contribution in [0, 0.1) is 17.2 Å². The molecule has 120 valence electrons. The van der Waals surface area contributed by atoms with Gasteiger partial charge in [0.1, 0.15) is 5.82 Å². The van der Waals surface area contributed by atoms with E-state index in [2.05, 4.69) is 19.2 Å². The molecular weight excluding hydrogens is 285 g/mol. The first-order valence-electron chi connectivity index (χ1n) is 7.64. The van der Waals surface area contributed by atoms with Crippen molar-refractivity contribution in [3.63, 3.8) is 0 Å². The zero-order chi connectivity index (χ0) is 16.3. The average Bonchev–Trinajstić information content (AvgIpc) is 2.36. The monoisotopic (exact) mass is 307 g/mol. The third-order valence-electron chi connectivity index (χ3n) is 4.24. The number of carbonyl (C=O) groups excluding carboxylic acids is 1. The Kier molecular flexibility index (Phi) is 4.84. The van der Waals surface area contributed by atoms with Crippen LogP contribution in [0.3, 0.4) is 0 Å². The molecule has 0 aliphatic heterocycles. The second-order valence-electron chi connectivity index (χ2n) is 6.56. The van der Waals surface area contributed by atoms with E-state index in [0.29, 0.717) is 11.6 Å². The Labute approximate surface area is 129 Å². The van der Waals surface area contributed by atoms with Gasteiger partial charge in [0, 0.05) is 11.1 Å². The van der Waals surface area contributed by atoms with Gasteiger partial charge in [-0.2, -0.15) is 0 Å². The maximum absolute atomic E-state index is 13.8. The largest absolute Gasteiger partial charge is 0.481 e. The molecule has 1 aromatic carbocycles. The molecule has 1 aliphatic carbocycles. The van der Waals surface area contributed by atoms with Gasteiger partial charge in [0.15, 0.2) is 0 Å². The fourth-order valence-corrected chi connectivity index (χ4v) is 3.10. The van der Waals surface area contributed by atoms with Gasteiger partial charge in [-0.15, -0.1) is 0 Å².